The highest BCUT2D eigenvalue weighted by Gasteiger charge is 2.17. The highest BCUT2D eigenvalue weighted by atomic mass is 79.9. The van der Waals surface area contributed by atoms with Gasteiger partial charge in [-0.3, -0.25) is 9.40 Å². The molecule has 3 N–H and O–H groups in total. The normalized spacial score (nSPS) is 11.6. The second-order valence-corrected chi connectivity index (χ2v) is 7.23. The summed E-state index contributed by atoms with van der Waals surface area (Å²) in [5.74, 6) is 0. The Morgan fingerprint density at radius 1 is 1.33 bits per heavy atom. The molecule has 1 heterocycles. The highest BCUT2D eigenvalue weighted by Crippen LogP contribution is 2.26. The van der Waals surface area contributed by atoms with Crippen LogP contribution >= 0.6 is 15.9 Å². The van der Waals surface area contributed by atoms with Crippen LogP contribution in [0.15, 0.2) is 33.9 Å². The first-order chi connectivity index (χ1) is 9.83. The van der Waals surface area contributed by atoms with Crippen LogP contribution in [0, 0.1) is 13.8 Å². The van der Waals surface area contributed by atoms with Crippen LogP contribution in [0.2, 0.25) is 0 Å². The van der Waals surface area contributed by atoms with Crippen molar-refractivity contribution in [3.8, 4) is 0 Å². The molecule has 0 bridgehead atoms. The maximum absolute atomic E-state index is 12.3. The van der Waals surface area contributed by atoms with E-state index in [-0.39, 0.29) is 4.90 Å². The van der Waals surface area contributed by atoms with E-state index >= 15 is 0 Å². The number of sulfonamides is 1. The van der Waals surface area contributed by atoms with Crippen LogP contribution in [-0.4, -0.2) is 24.7 Å². The topological polar surface area (TPSA) is 90.0 Å². The summed E-state index contributed by atoms with van der Waals surface area (Å²) in [5, 5.41) is 3.97. The number of nitrogens with two attached hydrogens (primary N) is 1. The highest BCUT2D eigenvalue weighted by molar-refractivity contribution is 9.10. The van der Waals surface area contributed by atoms with E-state index < -0.39 is 10.0 Å². The minimum Gasteiger partial charge on any atom is -0.329 e. The lowest BCUT2D eigenvalue weighted by molar-refractivity contribution is 0.599. The Balaban J connectivity index is 2.28. The summed E-state index contributed by atoms with van der Waals surface area (Å²) < 4.78 is 29.7. The Labute approximate surface area is 132 Å². The average Bonchev–Trinajstić information content (AvgIpc) is 2.85. The first-order valence-corrected chi connectivity index (χ1v) is 8.63. The zero-order chi connectivity index (χ0) is 15.6. The molecular formula is C13H17BrN4O2S. The van der Waals surface area contributed by atoms with E-state index in [1.165, 1.54) is 17.1 Å². The predicted molar refractivity (Wildman–Crippen MR) is 85.7 cm³/mol. The van der Waals surface area contributed by atoms with Crippen molar-refractivity contribution < 1.29 is 8.42 Å². The van der Waals surface area contributed by atoms with Crippen LogP contribution in [0.5, 0.6) is 0 Å². The van der Waals surface area contributed by atoms with E-state index in [0.29, 0.717) is 18.8 Å². The fourth-order valence-electron chi connectivity index (χ4n) is 1.96. The molecule has 0 aliphatic heterocycles. The summed E-state index contributed by atoms with van der Waals surface area (Å²) in [6.07, 6.45) is 2.78. The van der Waals surface area contributed by atoms with Gasteiger partial charge in [0.15, 0.2) is 0 Å². The Morgan fingerprint density at radius 2 is 1.95 bits per heavy atom. The number of rotatable bonds is 5. The standard InChI is InChI=1S/C13H17BrN4O2S/c1-9-5-11(6-10(2)13(9)14)17-21(19,20)12-7-16-18(8-12)4-3-15/h5-8,17H,3-4,15H2,1-2H3. The molecule has 1 aromatic carbocycles. The zero-order valence-electron chi connectivity index (χ0n) is 11.8. The van der Waals surface area contributed by atoms with Crippen molar-refractivity contribution in [1.82, 2.24) is 9.78 Å². The molecule has 0 saturated heterocycles. The van der Waals surface area contributed by atoms with Crippen molar-refractivity contribution in [1.29, 1.82) is 0 Å². The van der Waals surface area contributed by atoms with Crippen molar-refractivity contribution in [3.05, 3.63) is 40.1 Å². The molecule has 114 valence electrons. The van der Waals surface area contributed by atoms with Gasteiger partial charge in [0, 0.05) is 22.9 Å². The lowest BCUT2D eigenvalue weighted by Crippen LogP contribution is -2.13. The van der Waals surface area contributed by atoms with Crippen LogP contribution in [-0.2, 0) is 16.6 Å². The van der Waals surface area contributed by atoms with E-state index in [2.05, 4.69) is 25.8 Å². The summed E-state index contributed by atoms with van der Waals surface area (Å²) in [7, 11) is -3.65. The van der Waals surface area contributed by atoms with Crippen LogP contribution in [0.1, 0.15) is 11.1 Å². The van der Waals surface area contributed by atoms with Crippen LogP contribution < -0.4 is 10.5 Å². The molecule has 2 rings (SSSR count). The third kappa shape index (κ3) is 3.63. The molecule has 0 fully saturated rings. The predicted octanol–water partition coefficient (Wildman–Crippen LogP) is 2.02. The molecule has 1 aromatic heterocycles. The number of benzene rings is 1. The minimum atomic E-state index is -3.65. The molecule has 0 saturated carbocycles. The summed E-state index contributed by atoms with van der Waals surface area (Å²) in [6.45, 7) is 4.70. The van der Waals surface area contributed by atoms with Gasteiger partial charge in [-0.25, -0.2) is 8.42 Å². The first-order valence-electron chi connectivity index (χ1n) is 6.35. The largest absolute Gasteiger partial charge is 0.329 e. The number of nitrogens with zero attached hydrogens (tertiary/aromatic N) is 2. The number of anilines is 1. The van der Waals surface area contributed by atoms with Crippen molar-refractivity contribution >= 4 is 31.6 Å². The first kappa shape index (κ1) is 16.0. The lowest BCUT2D eigenvalue weighted by Gasteiger charge is -2.10. The summed E-state index contributed by atoms with van der Waals surface area (Å²) in [5.41, 5.74) is 7.88. The van der Waals surface area contributed by atoms with Gasteiger partial charge in [-0.2, -0.15) is 5.10 Å². The van der Waals surface area contributed by atoms with E-state index in [1.54, 1.807) is 12.1 Å². The smallest absolute Gasteiger partial charge is 0.265 e. The third-order valence-electron chi connectivity index (χ3n) is 2.97. The average molecular weight is 373 g/mol. The summed E-state index contributed by atoms with van der Waals surface area (Å²) in [4.78, 5) is 0.120. The van der Waals surface area contributed by atoms with Gasteiger partial charge in [0.05, 0.1) is 12.7 Å². The molecule has 0 unspecified atom stereocenters. The van der Waals surface area contributed by atoms with E-state index in [9.17, 15) is 8.42 Å². The number of aromatic nitrogens is 2. The Hall–Kier alpha value is -1.38. The second kappa shape index (κ2) is 6.17. The quantitative estimate of drug-likeness (QED) is 0.839. The fourth-order valence-corrected chi connectivity index (χ4v) is 3.18. The molecular weight excluding hydrogens is 356 g/mol. The third-order valence-corrected chi connectivity index (χ3v) is 5.55. The van der Waals surface area contributed by atoms with Crippen molar-refractivity contribution in [2.45, 2.75) is 25.3 Å². The minimum absolute atomic E-state index is 0.120. The maximum Gasteiger partial charge on any atom is 0.265 e. The summed E-state index contributed by atoms with van der Waals surface area (Å²) in [6, 6.07) is 3.55. The molecule has 8 heteroatoms. The molecule has 0 radical (unpaired) electrons. The molecule has 0 spiro atoms. The molecule has 0 atom stereocenters. The Morgan fingerprint density at radius 3 is 2.52 bits per heavy atom. The number of hydrogen-bond donors (Lipinski definition) is 2. The maximum atomic E-state index is 12.3. The zero-order valence-corrected chi connectivity index (χ0v) is 14.2. The van der Waals surface area contributed by atoms with Gasteiger partial charge in [0.1, 0.15) is 4.90 Å². The van der Waals surface area contributed by atoms with Gasteiger partial charge in [-0.05, 0) is 37.1 Å². The van der Waals surface area contributed by atoms with Gasteiger partial charge in [0.2, 0.25) is 0 Å². The van der Waals surface area contributed by atoms with Gasteiger partial charge in [0.25, 0.3) is 10.0 Å². The van der Waals surface area contributed by atoms with Gasteiger partial charge in [-0.15, -0.1) is 0 Å². The van der Waals surface area contributed by atoms with Crippen molar-refractivity contribution in [3.63, 3.8) is 0 Å². The lowest BCUT2D eigenvalue weighted by atomic mass is 10.1. The number of aryl methyl sites for hydroxylation is 2. The second-order valence-electron chi connectivity index (χ2n) is 4.76. The molecule has 21 heavy (non-hydrogen) atoms. The van der Waals surface area contributed by atoms with Gasteiger partial charge >= 0.3 is 0 Å². The van der Waals surface area contributed by atoms with Crippen LogP contribution in [0.25, 0.3) is 0 Å². The Bertz CT molecular complexity index is 732. The molecule has 2 aromatic rings. The summed E-state index contributed by atoms with van der Waals surface area (Å²) >= 11 is 3.46. The van der Waals surface area contributed by atoms with E-state index in [0.717, 1.165) is 15.6 Å². The Kier molecular flexibility index (Phi) is 4.70. The number of hydrogen-bond acceptors (Lipinski definition) is 4. The van der Waals surface area contributed by atoms with Gasteiger partial charge in [-0.1, -0.05) is 15.9 Å². The molecule has 0 aliphatic carbocycles. The van der Waals surface area contributed by atoms with Crippen LogP contribution in [0.3, 0.4) is 0 Å². The number of halogens is 1. The van der Waals surface area contributed by atoms with Crippen molar-refractivity contribution in [2.75, 3.05) is 11.3 Å². The molecule has 6 nitrogen and oxygen atoms in total. The van der Waals surface area contributed by atoms with Crippen molar-refractivity contribution in [2.24, 2.45) is 5.73 Å². The fraction of sp³-hybridized carbons (Fsp3) is 0.308. The number of nitrogens with one attached hydrogen (secondary N) is 1. The molecule has 0 amide bonds. The monoisotopic (exact) mass is 372 g/mol. The van der Waals surface area contributed by atoms with E-state index in [4.69, 9.17) is 5.73 Å². The SMILES string of the molecule is Cc1cc(NS(=O)(=O)c2cnn(CCN)c2)cc(C)c1Br. The van der Waals surface area contributed by atoms with Gasteiger partial charge < -0.3 is 5.73 Å². The molecule has 0 aliphatic rings. The van der Waals surface area contributed by atoms with Crippen LogP contribution in [0.4, 0.5) is 5.69 Å². The van der Waals surface area contributed by atoms with E-state index in [1.807, 2.05) is 13.8 Å².